The van der Waals surface area contributed by atoms with Crippen LogP contribution < -0.4 is 10.6 Å². The molecule has 0 saturated heterocycles. The Hall–Kier alpha value is -3.12. The zero-order chi connectivity index (χ0) is 22.5. The van der Waals surface area contributed by atoms with Gasteiger partial charge in [-0.2, -0.15) is 0 Å². The van der Waals surface area contributed by atoms with Gasteiger partial charge in [-0.3, -0.25) is 10.3 Å². The molecule has 1 fully saturated rings. The van der Waals surface area contributed by atoms with Crippen LogP contribution >= 0.6 is 11.6 Å². The van der Waals surface area contributed by atoms with Crippen molar-refractivity contribution in [1.29, 1.82) is 0 Å². The van der Waals surface area contributed by atoms with Crippen molar-refractivity contribution in [3.05, 3.63) is 71.0 Å². The molecule has 2 heterocycles. The number of fused-ring (bicyclic) bond motifs is 1. The van der Waals surface area contributed by atoms with Crippen molar-refractivity contribution < 1.29 is 9.32 Å². The van der Waals surface area contributed by atoms with E-state index in [1.54, 1.807) is 6.07 Å². The molecule has 1 spiro atoms. The van der Waals surface area contributed by atoms with E-state index in [2.05, 4.69) is 27.9 Å². The Labute approximate surface area is 192 Å². The Bertz CT molecular complexity index is 1200. The highest BCUT2D eigenvalue weighted by Gasteiger charge is 2.53. The van der Waals surface area contributed by atoms with Gasteiger partial charge in [-0.25, -0.2) is 4.79 Å². The Morgan fingerprint density at radius 3 is 2.69 bits per heavy atom. The number of hydrogen-bond donors (Lipinski definition) is 2. The van der Waals surface area contributed by atoms with Crippen molar-refractivity contribution >= 4 is 40.5 Å². The Morgan fingerprint density at radius 1 is 1.19 bits per heavy atom. The van der Waals surface area contributed by atoms with E-state index in [0.717, 1.165) is 34.8 Å². The van der Waals surface area contributed by atoms with Crippen molar-refractivity contribution in [2.75, 3.05) is 10.6 Å². The fourth-order valence-electron chi connectivity index (χ4n) is 4.19. The van der Waals surface area contributed by atoms with Gasteiger partial charge in [0.15, 0.2) is 5.82 Å². The third kappa shape index (κ3) is 4.15. The lowest BCUT2D eigenvalue weighted by molar-refractivity contribution is 0.262. The number of carbonyl (C=O) groups excluding carboxylic acids is 1. The lowest BCUT2D eigenvalue weighted by atomic mass is 9.89. The van der Waals surface area contributed by atoms with E-state index in [4.69, 9.17) is 21.1 Å². The SMILES string of the molecule is CC(C)(C)c1cc(NC(=O)Nc2ccc(C3=CC45CC(=N3)C=CC(Cl)=CC4C5)cc2)no1. The third-order valence-corrected chi connectivity index (χ3v) is 6.35. The lowest BCUT2D eigenvalue weighted by Crippen LogP contribution is -2.19. The molecule has 1 aromatic carbocycles. The number of carbonyl (C=O) groups is 1. The zero-order valence-corrected chi connectivity index (χ0v) is 19.0. The quantitative estimate of drug-likeness (QED) is 0.562. The van der Waals surface area contributed by atoms with Crippen LogP contribution in [0.15, 0.2) is 69.2 Å². The van der Waals surface area contributed by atoms with Crippen molar-refractivity contribution in [1.82, 2.24) is 5.16 Å². The molecule has 32 heavy (non-hydrogen) atoms. The second-order valence-electron chi connectivity index (χ2n) is 9.72. The molecule has 2 bridgehead atoms. The number of amides is 2. The fraction of sp³-hybridized carbons (Fsp3) is 0.320. The van der Waals surface area contributed by atoms with Gasteiger partial charge in [0.1, 0.15) is 5.76 Å². The third-order valence-electron chi connectivity index (χ3n) is 6.10. The Balaban J connectivity index is 1.27. The number of halogens is 1. The molecule has 2 aliphatic carbocycles. The highest BCUT2D eigenvalue weighted by molar-refractivity contribution is 6.31. The molecular weight excluding hydrogens is 424 g/mol. The van der Waals surface area contributed by atoms with Gasteiger partial charge in [-0.1, -0.05) is 61.8 Å². The molecular formula is C25H25ClN4O2. The topological polar surface area (TPSA) is 79.5 Å². The first-order valence-electron chi connectivity index (χ1n) is 10.7. The van der Waals surface area contributed by atoms with Crippen LogP contribution in [0.3, 0.4) is 0 Å². The van der Waals surface area contributed by atoms with Crippen molar-refractivity contribution in [3.8, 4) is 0 Å². The van der Waals surface area contributed by atoms with Gasteiger partial charge < -0.3 is 9.84 Å². The van der Waals surface area contributed by atoms with Crippen molar-refractivity contribution in [2.24, 2.45) is 16.3 Å². The van der Waals surface area contributed by atoms with Crippen LogP contribution in [-0.2, 0) is 5.41 Å². The minimum Gasteiger partial charge on any atom is -0.359 e. The number of nitrogens with zero attached hydrogens (tertiary/aromatic N) is 2. The van der Waals surface area contributed by atoms with Gasteiger partial charge in [-0.05, 0) is 48.6 Å². The van der Waals surface area contributed by atoms with Gasteiger partial charge in [-0.15, -0.1) is 0 Å². The van der Waals surface area contributed by atoms with E-state index in [0.29, 0.717) is 23.2 Å². The van der Waals surface area contributed by atoms with E-state index < -0.39 is 0 Å². The van der Waals surface area contributed by atoms with Crippen LogP contribution in [0.1, 0.15) is 44.9 Å². The molecule has 6 nitrogen and oxygen atoms in total. The summed E-state index contributed by atoms with van der Waals surface area (Å²) in [5.74, 6) is 1.56. The molecule has 3 aliphatic rings. The van der Waals surface area contributed by atoms with Gasteiger partial charge in [0.25, 0.3) is 0 Å². The number of benzene rings is 1. The highest BCUT2D eigenvalue weighted by Crippen LogP contribution is 2.61. The summed E-state index contributed by atoms with van der Waals surface area (Å²) in [6, 6.07) is 9.06. The molecule has 1 aromatic heterocycles. The number of nitrogens with one attached hydrogen (secondary N) is 2. The molecule has 2 aromatic rings. The smallest absolute Gasteiger partial charge is 0.324 e. The predicted octanol–water partition coefficient (Wildman–Crippen LogP) is 6.50. The summed E-state index contributed by atoms with van der Waals surface area (Å²) in [5, 5.41) is 10.2. The summed E-state index contributed by atoms with van der Waals surface area (Å²) in [6.07, 6.45) is 10.4. The second kappa shape index (κ2) is 7.48. The standard InChI is InChI=1S/C25H25ClN4O2/c1-24(2,3)21-11-22(30-32-21)29-23(31)28-18-7-4-15(5-8-18)20-14-25-12-16(25)10-17(26)6-9-19(13-25)27-20/h4-11,14,16H,12-13H2,1-3H3,(H2,28,29,30,31). The molecule has 1 saturated carbocycles. The van der Waals surface area contributed by atoms with Gasteiger partial charge in [0, 0.05) is 33.3 Å². The largest absolute Gasteiger partial charge is 0.359 e. The van der Waals surface area contributed by atoms with E-state index in [1.165, 1.54) is 0 Å². The molecule has 0 radical (unpaired) electrons. The minimum absolute atomic E-state index is 0.137. The molecule has 2 atom stereocenters. The maximum absolute atomic E-state index is 12.3. The van der Waals surface area contributed by atoms with Crippen molar-refractivity contribution in [3.63, 3.8) is 0 Å². The van der Waals surface area contributed by atoms with Crippen LogP contribution in [0.2, 0.25) is 0 Å². The van der Waals surface area contributed by atoms with E-state index in [1.807, 2.05) is 57.2 Å². The number of rotatable bonds is 3. The number of hydrogen-bond acceptors (Lipinski definition) is 4. The predicted molar refractivity (Wildman–Crippen MR) is 128 cm³/mol. The van der Waals surface area contributed by atoms with Gasteiger partial charge in [0.2, 0.25) is 0 Å². The molecule has 164 valence electrons. The molecule has 1 aliphatic heterocycles. The molecule has 2 N–H and O–H groups in total. The van der Waals surface area contributed by atoms with Crippen LogP contribution in [0.5, 0.6) is 0 Å². The fourth-order valence-corrected chi connectivity index (χ4v) is 4.40. The monoisotopic (exact) mass is 448 g/mol. The summed E-state index contributed by atoms with van der Waals surface area (Å²) in [4.78, 5) is 17.2. The second-order valence-corrected chi connectivity index (χ2v) is 10.2. The molecule has 2 unspecified atom stereocenters. The minimum atomic E-state index is -0.376. The Morgan fingerprint density at radius 2 is 1.97 bits per heavy atom. The highest BCUT2D eigenvalue weighted by atomic mass is 35.5. The van der Waals surface area contributed by atoms with E-state index in [-0.39, 0.29) is 16.9 Å². The first kappa shape index (κ1) is 20.8. The Kier molecular flexibility index (Phi) is 4.86. The maximum atomic E-state index is 12.3. The molecule has 5 rings (SSSR count). The van der Waals surface area contributed by atoms with E-state index in [9.17, 15) is 4.79 Å². The number of anilines is 2. The number of urea groups is 1. The molecule has 2 amide bonds. The van der Waals surface area contributed by atoms with E-state index >= 15 is 0 Å². The first-order chi connectivity index (χ1) is 15.2. The molecule has 7 heteroatoms. The summed E-state index contributed by atoms with van der Waals surface area (Å²) >= 11 is 6.26. The van der Waals surface area contributed by atoms with Crippen LogP contribution in [0.25, 0.3) is 5.70 Å². The zero-order valence-electron chi connectivity index (χ0n) is 18.3. The number of aliphatic imine (C=N–C) groups is 1. The summed E-state index contributed by atoms with van der Waals surface area (Å²) in [6.45, 7) is 6.06. The lowest BCUT2D eigenvalue weighted by Gasteiger charge is -2.21. The van der Waals surface area contributed by atoms with Crippen molar-refractivity contribution in [2.45, 2.75) is 39.0 Å². The number of allylic oxidation sites excluding steroid dienone is 5. The van der Waals surface area contributed by atoms with Gasteiger partial charge in [0.05, 0.1) is 5.70 Å². The number of aromatic nitrogens is 1. The van der Waals surface area contributed by atoms with Gasteiger partial charge >= 0.3 is 6.03 Å². The average molecular weight is 449 g/mol. The van der Waals surface area contributed by atoms with Crippen LogP contribution in [-0.4, -0.2) is 16.9 Å². The average Bonchev–Trinajstić information content (AvgIpc) is 3.12. The summed E-state index contributed by atoms with van der Waals surface area (Å²) in [5.41, 5.74) is 3.69. The van der Waals surface area contributed by atoms with Crippen LogP contribution in [0.4, 0.5) is 16.3 Å². The summed E-state index contributed by atoms with van der Waals surface area (Å²) in [7, 11) is 0. The maximum Gasteiger partial charge on any atom is 0.324 e. The first-order valence-corrected chi connectivity index (χ1v) is 11.1. The van der Waals surface area contributed by atoms with Crippen LogP contribution in [0, 0.1) is 11.3 Å². The summed E-state index contributed by atoms with van der Waals surface area (Å²) < 4.78 is 5.30. The normalized spacial score (nSPS) is 23.8.